The Hall–Kier alpha value is -0.610. The Morgan fingerprint density at radius 1 is 1.55 bits per heavy atom. The fourth-order valence-corrected chi connectivity index (χ4v) is 0.868. The number of hydrogen-bond acceptors (Lipinski definition) is 3. The van der Waals surface area contributed by atoms with Crippen LogP contribution in [0.25, 0.3) is 0 Å². The molecule has 0 aromatic heterocycles. The molecule has 0 heterocycles. The molecule has 0 rings (SSSR count). The van der Waals surface area contributed by atoms with Gasteiger partial charge in [-0.05, 0) is 19.4 Å². The highest BCUT2D eigenvalue weighted by Crippen LogP contribution is 2.06. The summed E-state index contributed by atoms with van der Waals surface area (Å²) in [6.07, 6.45) is 2.83. The van der Waals surface area contributed by atoms with E-state index in [1.165, 1.54) is 0 Å². The molecule has 11 heavy (non-hydrogen) atoms. The van der Waals surface area contributed by atoms with Crippen molar-refractivity contribution in [2.24, 2.45) is 17.5 Å². The zero-order valence-electron chi connectivity index (χ0n) is 6.97. The molecular formula is C7H17N3O. The molecule has 4 nitrogen and oxygen atoms in total. The van der Waals surface area contributed by atoms with Crippen LogP contribution in [0.5, 0.6) is 0 Å². The molecule has 5 N–H and O–H groups in total. The van der Waals surface area contributed by atoms with E-state index in [2.05, 4.69) is 5.43 Å². The van der Waals surface area contributed by atoms with Gasteiger partial charge >= 0.3 is 0 Å². The van der Waals surface area contributed by atoms with Crippen molar-refractivity contribution in [1.82, 2.24) is 5.43 Å². The molecule has 1 atom stereocenters. The largest absolute Gasteiger partial charge is 0.330 e. The Labute approximate surface area is 67.3 Å². The van der Waals surface area contributed by atoms with Crippen molar-refractivity contribution < 1.29 is 4.79 Å². The second-order valence-electron chi connectivity index (χ2n) is 2.69. The Morgan fingerprint density at radius 2 is 2.18 bits per heavy atom. The van der Waals surface area contributed by atoms with Crippen molar-refractivity contribution in [3.8, 4) is 0 Å². The molecule has 0 aromatic rings. The average Bonchev–Trinajstić information content (AvgIpc) is 2.03. The maximum atomic E-state index is 10.8. The van der Waals surface area contributed by atoms with E-state index in [4.69, 9.17) is 11.6 Å². The topological polar surface area (TPSA) is 81.1 Å². The monoisotopic (exact) mass is 159 g/mol. The number of carbonyl (C=O) groups is 1. The Kier molecular flexibility index (Phi) is 5.78. The summed E-state index contributed by atoms with van der Waals surface area (Å²) in [5.74, 6) is 4.86. The van der Waals surface area contributed by atoms with Gasteiger partial charge in [0.1, 0.15) is 0 Å². The van der Waals surface area contributed by atoms with E-state index < -0.39 is 0 Å². The van der Waals surface area contributed by atoms with Gasteiger partial charge in [0.05, 0.1) is 0 Å². The lowest BCUT2D eigenvalue weighted by Crippen LogP contribution is -2.34. The van der Waals surface area contributed by atoms with Crippen LogP contribution in [-0.4, -0.2) is 12.5 Å². The van der Waals surface area contributed by atoms with Gasteiger partial charge in [0.15, 0.2) is 0 Å². The third-order valence-corrected chi connectivity index (χ3v) is 1.68. The number of amides is 1. The van der Waals surface area contributed by atoms with E-state index >= 15 is 0 Å². The van der Waals surface area contributed by atoms with E-state index in [-0.39, 0.29) is 11.8 Å². The molecule has 0 unspecified atom stereocenters. The van der Waals surface area contributed by atoms with Crippen LogP contribution < -0.4 is 17.0 Å². The maximum absolute atomic E-state index is 10.8. The van der Waals surface area contributed by atoms with E-state index in [0.29, 0.717) is 6.54 Å². The molecule has 0 fully saturated rings. The zero-order valence-corrected chi connectivity index (χ0v) is 6.97. The molecule has 0 saturated carbocycles. The molecule has 0 aliphatic carbocycles. The summed E-state index contributed by atoms with van der Waals surface area (Å²) in [7, 11) is 0. The number of rotatable bonds is 5. The molecule has 0 saturated heterocycles. The first kappa shape index (κ1) is 10.4. The number of nitrogens with two attached hydrogens (primary N) is 2. The van der Waals surface area contributed by atoms with Crippen molar-refractivity contribution in [1.29, 1.82) is 0 Å². The third-order valence-electron chi connectivity index (χ3n) is 1.68. The zero-order chi connectivity index (χ0) is 8.69. The highest BCUT2D eigenvalue weighted by molar-refractivity contribution is 5.77. The van der Waals surface area contributed by atoms with Gasteiger partial charge in [-0.15, -0.1) is 0 Å². The first-order valence-electron chi connectivity index (χ1n) is 3.93. The molecule has 66 valence electrons. The molecular weight excluding hydrogens is 142 g/mol. The highest BCUT2D eigenvalue weighted by atomic mass is 16.2. The van der Waals surface area contributed by atoms with Crippen LogP contribution in [0, 0.1) is 5.92 Å². The van der Waals surface area contributed by atoms with Gasteiger partial charge < -0.3 is 5.73 Å². The van der Waals surface area contributed by atoms with Crippen molar-refractivity contribution in [3.63, 3.8) is 0 Å². The number of hydrazine groups is 1. The summed E-state index contributed by atoms with van der Waals surface area (Å²) in [5, 5.41) is 0. The Balaban J connectivity index is 3.36. The summed E-state index contributed by atoms with van der Waals surface area (Å²) in [5.41, 5.74) is 7.42. The lowest BCUT2D eigenvalue weighted by molar-refractivity contribution is -0.124. The minimum absolute atomic E-state index is 0.00606. The van der Waals surface area contributed by atoms with Crippen molar-refractivity contribution in [2.75, 3.05) is 6.54 Å². The van der Waals surface area contributed by atoms with Gasteiger partial charge in [-0.3, -0.25) is 10.2 Å². The van der Waals surface area contributed by atoms with Crippen molar-refractivity contribution in [3.05, 3.63) is 0 Å². The molecule has 1 amide bonds. The summed E-state index contributed by atoms with van der Waals surface area (Å²) in [4.78, 5) is 10.8. The van der Waals surface area contributed by atoms with Gasteiger partial charge in [-0.25, -0.2) is 5.84 Å². The second kappa shape index (κ2) is 6.12. The van der Waals surface area contributed by atoms with Gasteiger partial charge in [-0.2, -0.15) is 0 Å². The number of carbonyl (C=O) groups excluding carboxylic acids is 1. The summed E-state index contributed by atoms with van der Waals surface area (Å²) in [6, 6.07) is 0. The molecule has 0 aromatic carbocycles. The van der Waals surface area contributed by atoms with E-state index in [1.54, 1.807) is 0 Å². The van der Waals surface area contributed by atoms with Crippen LogP contribution in [-0.2, 0) is 4.79 Å². The lowest BCUT2D eigenvalue weighted by atomic mass is 10.0. The summed E-state index contributed by atoms with van der Waals surface area (Å²) >= 11 is 0. The fourth-order valence-electron chi connectivity index (χ4n) is 0.868. The Morgan fingerprint density at radius 3 is 2.64 bits per heavy atom. The quantitative estimate of drug-likeness (QED) is 0.224. The summed E-state index contributed by atoms with van der Waals surface area (Å²) in [6.45, 7) is 2.55. The minimum atomic E-state index is -0.0954. The fraction of sp³-hybridized carbons (Fsp3) is 0.857. The van der Waals surface area contributed by atoms with Crippen LogP contribution >= 0.6 is 0 Å². The van der Waals surface area contributed by atoms with Crippen LogP contribution in [0.3, 0.4) is 0 Å². The smallest absolute Gasteiger partial charge is 0.236 e. The number of nitrogens with one attached hydrogen (secondary N) is 1. The van der Waals surface area contributed by atoms with Gasteiger partial charge in [0.25, 0.3) is 0 Å². The van der Waals surface area contributed by atoms with Crippen LogP contribution in [0.1, 0.15) is 26.2 Å². The second-order valence-corrected chi connectivity index (χ2v) is 2.69. The average molecular weight is 159 g/mol. The molecule has 0 radical (unpaired) electrons. The number of unbranched alkanes of at least 4 members (excludes halogenated alkanes) is 1. The van der Waals surface area contributed by atoms with Crippen molar-refractivity contribution >= 4 is 5.91 Å². The predicted molar refractivity (Wildman–Crippen MR) is 44.4 cm³/mol. The predicted octanol–water partition coefficient (Wildman–Crippen LogP) is -0.259. The standard InChI is InChI=1S/C7H17N3O/c1-6(7(11)10-9)4-2-3-5-8/h6H,2-5,8-9H2,1H3,(H,10,11)/t6-/m1/s1. The van der Waals surface area contributed by atoms with Gasteiger partial charge in [0.2, 0.25) is 5.91 Å². The van der Waals surface area contributed by atoms with Gasteiger partial charge in [0, 0.05) is 5.92 Å². The van der Waals surface area contributed by atoms with Gasteiger partial charge in [-0.1, -0.05) is 13.3 Å². The summed E-state index contributed by atoms with van der Waals surface area (Å²) < 4.78 is 0. The van der Waals surface area contributed by atoms with Crippen LogP contribution in [0.2, 0.25) is 0 Å². The minimum Gasteiger partial charge on any atom is -0.330 e. The third kappa shape index (κ3) is 4.75. The van der Waals surface area contributed by atoms with Crippen molar-refractivity contribution in [2.45, 2.75) is 26.2 Å². The lowest BCUT2D eigenvalue weighted by Gasteiger charge is -2.07. The molecule has 4 heteroatoms. The molecule has 0 bridgehead atoms. The van der Waals surface area contributed by atoms with Crippen LogP contribution in [0.15, 0.2) is 0 Å². The highest BCUT2D eigenvalue weighted by Gasteiger charge is 2.09. The number of hydrogen-bond donors (Lipinski definition) is 3. The van der Waals surface area contributed by atoms with E-state index in [9.17, 15) is 4.79 Å². The molecule has 0 aliphatic rings. The van der Waals surface area contributed by atoms with E-state index in [0.717, 1.165) is 19.3 Å². The molecule has 0 aliphatic heterocycles. The molecule has 0 spiro atoms. The SMILES string of the molecule is C[C@H](CCCCN)C(=O)NN. The Bertz CT molecular complexity index is 116. The van der Waals surface area contributed by atoms with Crippen LogP contribution in [0.4, 0.5) is 0 Å². The maximum Gasteiger partial charge on any atom is 0.236 e. The first-order valence-corrected chi connectivity index (χ1v) is 3.93. The first-order chi connectivity index (χ1) is 5.22. The van der Waals surface area contributed by atoms with E-state index in [1.807, 2.05) is 6.92 Å². The normalized spacial score (nSPS) is 12.6.